The molecule has 7 nitrogen and oxygen atoms in total. The number of ether oxygens (including phenoxy) is 2. The molecule has 7 heteroatoms. The van der Waals surface area contributed by atoms with Gasteiger partial charge in [-0.3, -0.25) is 4.79 Å². The number of carbonyl (C=O) groups excluding carboxylic acids is 3. The Hall–Kier alpha value is -2.57. The van der Waals surface area contributed by atoms with E-state index >= 15 is 0 Å². The van der Waals surface area contributed by atoms with Crippen LogP contribution in [0.3, 0.4) is 0 Å². The highest BCUT2D eigenvalue weighted by molar-refractivity contribution is 5.98. The fourth-order valence-electron chi connectivity index (χ4n) is 4.13. The summed E-state index contributed by atoms with van der Waals surface area (Å²) in [6.45, 7) is 8.48. The van der Waals surface area contributed by atoms with Crippen molar-refractivity contribution in [2.75, 3.05) is 19.7 Å². The van der Waals surface area contributed by atoms with Crippen molar-refractivity contribution in [3.63, 3.8) is 0 Å². The Morgan fingerprint density at radius 1 is 1.10 bits per heavy atom. The predicted molar refractivity (Wildman–Crippen MR) is 112 cm³/mol. The van der Waals surface area contributed by atoms with Gasteiger partial charge in [-0.25, -0.2) is 9.59 Å². The molecule has 0 aromatic heterocycles. The number of benzene rings is 1. The number of hydrogen-bond acceptors (Lipinski definition) is 5. The summed E-state index contributed by atoms with van der Waals surface area (Å²) in [6, 6.07) is 8.78. The summed E-state index contributed by atoms with van der Waals surface area (Å²) in [5.74, 6) is -0.580. The lowest BCUT2D eigenvalue weighted by molar-refractivity contribution is -0.155. The lowest BCUT2D eigenvalue weighted by atomic mass is 9.98. The molecule has 2 atom stereocenters. The second-order valence-corrected chi connectivity index (χ2v) is 9.27. The normalized spacial score (nSPS) is 24.1. The number of amides is 2. The lowest BCUT2D eigenvalue weighted by Gasteiger charge is -2.34. The summed E-state index contributed by atoms with van der Waals surface area (Å²) in [6.07, 6.45) is 2.53. The summed E-state index contributed by atoms with van der Waals surface area (Å²) in [7, 11) is 0. The molecule has 30 heavy (non-hydrogen) atoms. The summed E-state index contributed by atoms with van der Waals surface area (Å²) in [5, 5.41) is 0. The average Bonchev–Trinajstić information content (AvgIpc) is 3.32. The van der Waals surface area contributed by atoms with Crippen LogP contribution in [0.1, 0.15) is 63.7 Å². The molecule has 0 unspecified atom stereocenters. The van der Waals surface area contributed by atoms with E-state index in [0.29, 0.717) is 25.1 Å². The molecule has 0 spiro atoms. The van der Waals surface area contributed by atoms with Crippen LogP contribution in [0.15, 0.2) is 30.3 Å². The molecular weight excluding hydrogens is 384 g/mol. The van der Waals surface area contributed by atoms with Crippen LogP contribution in [0, 0.1) is 0 Å². The van der Waals surface area contributed by atoms with Crippen molar-refractivity contribution >= 4 is 18.0 Å². The first-order chi connectivity index (χ1) is 14.1. The van der Waals surface area contributed by atoms with Crippen LogP contribution in [0.4, 0.5) is 4.79 Å². The minimum atomic E-state index is -0.998. The van der Waals surface area contributed by atoms with E-state index in [2.05, 4.69) is 0 Å². The molecule has 164 valence electrons. The molecule has 0 radical (unpaired) electrons. The van der Waals surface area contributed by atoms with E-state index < -0.39 is 17.1 Å². The monoisotopic (exact) mass is 416 g/mol. The van der Waals surface area contributed by atoms with Gasteiger partial charge in [0.05, 0.1) is 6.04 Å². The van der Waals surface area contributed by atoms with Gasteiger partial charge in [0.1, 0.15) is 17.7 Å². The van der Waals surface area contributed by atoms with Crippen LogP contribution in [-0.4, -0.2) is 64.6 Å². The third-order valence-electron chi connectivity index (χ3n) is 5.76. The van der Waals surface area contributed by atoms with E-state index in [1.165, 1.54) is 0 Å². The predicted octanol–water partition coefficient (Wildman–Crippen LogP) is 3.62. The van der Waals surface area contributed by atoms with Gasteiger partial charge in [-0.1, -0.05) is 18.2 Å². The molecule has 2 aliphatic heterocycles. The molecular formula is C23H32N2O5. The lowest BCUT2D eigenvalue weighted by Crippen LogP contribution is -2.52. The number of esters is 1. The second-order valence-electron chi connectivity index (χ2n) is 9.27. The fourth-order valence-corrected chi connectivity index (χ4v) is 4.13. The zero-order valence-electron chi connectivity index (χ0n) is 18.3. The van der Waals surface area contributed by atoms with E-state index in [-0.39, 0.29) is 24.6 Å². The SMILES string of the molecule is CC(C)(C)OC(=O)N1CCC[C@H]1COC(=O)[C@@]1(C)CCCN1C(=O)c1ccccc1. The maximum absolute atomic E-state index is 13.0. The molecule has 2 aliphatic rings. The van der Waals surface area contributed by atoms with Gasteiger partial charge in [0.15, 0.2) is 0 Å². The first kappa shape index (κ1) is 22.1. The Balaban J connectivity index is 1.63. The van der Waals surface area contributed by atoms with Crippen LogP contribution in [0.2, 0.25) is 0 Å². The van der Waals surface area contributed by atoms with Crippen molar-refractivity contribution in [1.29, 1.82) is 0 Å². The Morgan fingerprint density at radius 2 is 1.80 bits per heavy atom. The zero-order chi connectivity index (χ0) is 21.9. The maximum Gasteiger partial charge on any atom is 0.410 e. The van der Waals surface area contributed by atoms with E-state index in [9.17, 15) is 14.4 Å². The molecule has 3 rings (SSSR count). The quantitative estimate of drug-likeness (QED) is 0.701. The first-order valence-corrected chi connectivity index (χ1v) is 10.7. The Labute approximate surface area is 178 Å². The van der Waals surface area contributed by atoms with Crippen molar-refractivity contribution in [2.24, 2.45) is 0 Å². The molecule has 0 saturated carbocycles. The molecule has 1 aromatic carbocycles. The number of rotatable bonds is 4. The molecule has 1 aromatic rings. The summed E-state index contributed by atoms with van der Waals surface area (Å²) < 4.78 is 11.1. The minimum absolute atomic E-state index is 0.112. The standard InChI is InChI=1S/C23H32N2O5/c1-22(2,3)30-21(28)24-14-8-12-18(24)16-29-20(27)23(4)13-9-15-25(23)19(26)17-10-6-5-7-11-17/h5-7,10-11,18H,8-9,12-16H2,1-4H3/t18-,23+/m0/s1. The zero-order valence-corrected chi connectivity index (χ0v) is 18.3. The second kappa shape index (κ2) is 8.66. The van der Waals surface area contributed by atoms with Crippen molar-refractivity contribution in [3.8, 4) is 0 Å². The van der Waals surface area contributed by atoms with Crippen LogP contribution in [-0.2, 0) is 14.3 Å². The smallest absolute Gasteiger partial charge is 0.410 e. The van der Waals surface area contributed by atoms with Gasteiger partial charge in [-0.05, 0) is 65.5 Å². The summed E-state index contributed by atoms with van der Waals surface area (Å²) >= 11 is 0. The van der Waals surface area contributed by atoms with Gasteiger partial charge >= 0.3 is 12.1 Å². The molecule has 0 aliphatic carbocycles. The molecule has 0 bridgehead atoms. The van der Waals surface area contributed by atoms with E-state index in [1.54, 1.807) is 28.9 Å². The molecule has 2 fully saturated rings. The number of carbonyl (C=O) groups is 3. The number of nitrogens with zero attached hydrogens (tertiary/aromatic N) is 2. The Bertz CT molecular complexity index is 789. The molecule has 2 amide bonds. The molecule has 2 heterocycles. The minimum Gasteiger partial charge on any atom is -0.462 e. The first-order valence-electron chi connectivity index (χ1n) is 10.7. The summed E-state index contributed by atoms with van der Waals surface area (Å²) in [4.78, 5) is 41.7. The Kier molecular flexibility index (Phi) is 6.38. The fraction of sp³-hybridized carbons (Fsp3) is 0.609. The van der Waals surface area contributed by atoms with Gasteiger partial charge < -0.3 is 19.3 Å². The van der Waals surface area contributed by atoms with Crippen molar-refractivity contribution < 1.29 is 23.9 Å². The highest BCUT2D eigenvalue weighted by Crippen LogP contribution is 2.32. The molecule has 2 saturated heterocycles. The van der Waals surface area contributed by atoms with Crippen LogP contribution in [0.25, 0.3) is 0 Å². The third-order valence-corrected chi connectivity index (χ3v) is 5.76. The highest BCUT2D eigenvalue weighted by Gasteiger charge is 2.47. The van der Waals surface area contributed by atoms with Crippen LogP contribution in [0.5, 0.6) is 0 Å². The van der Waals surface area contributed by atoms with Crippen molar-refractivity contribution in [2.45, 2.75) is 70.6 Å². The third kappa shape index (κ3) is 4.77. The van der Waals surface area contributed by atoms with Gasteiger partial charge in [-0.2, -0.15) is 0 Å². The van der Waals surface area contributed by atoms with Crippen molar-refractivity contribution in [1.82, 2.24) is 9.80 Å². The van der Waals surface area contributed by atoms with E-state index in [4.69, 9.17) is 9.47 Å². The molecule has 0 N–H and O–H groups in total. The number of hydrogen-bond donors (Lipinski definition) is 0. The van der Waals surface area contributed by atoms with Crippen LogP contribution >= 0.6 is 0 Å². The highest BCUT2D eigenvalue weighted by atomic mass is 16.6. The largest absolute Gasteiger partial charge is 0.462 e. The van der Waals surface area contributed by atoms with E-state index in [1.807, 2.05) is 39.0 Å². The Morgan fingerprint density at radius 3 is 2.47 bits per heavy atom. The topological polar surface area (TPSA) is 76.2 Å². The average molecular weight is 417 g/mol. The van der Waals surface area contributed by atoms with Gasteiger partial charge in [-0.15, -0.1) is 0 Å². The van der Waals surface area contributed by atoms with Crippen LogP contribution < -0.4 is 0 Å². The maximum atomic E-state index is 13.0. The van der Waals surface area contributed by atoms with E-state index in [0.717, 1.165) is 19.3 Å². The summed E-state index contributed by atoms with van der Waals surface area (Å²) in [5.41, 5.74) is -1.01. The van der Waals surface area contributed by atoms with Gasteiger partial charge in [0.2, 0.25) is 0 Å². The van der Waals surface area contributed by atoms with Gasteiger partial charge in [0.25, 0.3) is 5.91 Å². The van der Waals surface area contributed by atoms with Crippen molar-refractivity contribution in [3.05, 3.63) is 35.9 Å². The van der Waals surface area contributed by atoms with Gasteiger partial charge in [0, 0.05) is 18.7 Å². The number of likely N-dealkylation sites (tertiary alicyclic amines) is 2.